The Hall–Kier alpha value is -9.85. The van der Waals surface area contributed by atoms with Gasteiger partial charge in [0.1, 0.15) is 58.7 Å². The van der Waals surface area contributed by atoms with Crippen molar-refractivity contribution in [2.24, 2.45) is 5.92 Å². The van der Waals surface area contributed by atoms with Crippen LogP contribution in [0.2, 0.25) is 5.02 Å². The largest absolute Gasteiger partial charge is 0.495 e. The minimum absolute atomic E-state index is 0.0281. The molecule has 27 nitrogen and oxygen atoms in total. The van der Waals surface area contributed by atoms with E-state index in [2.05, 4.69) is 68.9 Å². The molecular weight excluding hydrogens is 1500 g/mol. The van der Waals surface area contributed by atoms with Crippen molar-refractivity contribution in [3.05, 3.63) is 220 Å². The molecule has 0 saturated carbocycles. The highest BCUT2D eigenvalue weighted by atomic mass is 35.5. The van der Waals surface area contributed by atoms with Crippen LogP contribution in [-0.2, 0) is 95.3 Å². The van der Waals surface area contributed by atoms with E-state index in [-0.39, 0.29) is 68.2 Å². The lowest BCUT2D eigenvalue weighted by molar-refractivity contribution is -0.162. The first-order valence-corrected chi connectivity index (χ1v) is 40.6. The van der Waals surface area contributed by atoms with Gasteiger partial charge in [0.05, 0.1) is 66.8 Å². The van der Waals surface area contributed by atoms with E-state index < -0.39 is 65.7 Å². The third-order valence-electron chi connectivity index (χ3n) is 20.3. The summed E-state index contributed by atoms with van der Waals surface area (Å²) < 4.78 is 38.1. The van der Waals surface area contributed by atoms with E-state index in [1.165, 1.54) is 59.6 Å². The molecule has 11 rings (SSSR count). The van der Waals surface area contributed by atoms with Gasteiger partial charge in [0.15, 0.2) is 5.72 Å². The Balaban J connectivity index is 0.720. The van der Waals surface area contributed by atoms with Gasteiger partial charge in [-0.1, -0.05) is 112 Å². The normalized spacial score (nSPS) is 20.8. The summed E-state index contributed by atoms with van der Waals surface area (Å²) in [6, 6.07) is 40.0. The van der Waals surface area contributed by atoms with E-state index in [0.717, 1.165) is 50.6 Å². The average molecular weight is 1600 g/mol. The molecule has 0 spiro atoms. The number of nitrogens with zero attached hydrogens (tertiary/aromatic N) is 12. The molecule has 2 fully saturated rings. The number of hydrogen-bond donors (Lipinski definition) is 3. The number of hydrogen-bond acceptors (Lipinski definition) is 23. The second-order valence-corrected chi connectivity index (χ2v) is 31.9. The number of carbonyl (C=O) groups is 6. The van der Waals surface area contributed by atoms with E-state index in [1.54, 1.807) is 79.5 Å². The van der Waals surface area contributed by atoms with Gasteiger partial charge in [0.25, 0.3) is 0 Å². The Morgan fingerprint density at radius 3 is 1.96 bits per heavy atom. The number of unbranched alkanes of at least 4 members (excludes halogenated alkanes) is 1. The molecule has 5 aromatic heterocycles. The van der Waals surface area contributed by atoms with Crippen molar-refractivity contribution in [3.8, 4) is 11.5 Å². The van der Waals surface area contributed by atoms with Crippen molar-refractivity contribution < 1.29 is 62.3 Å². The van der Waals surface area contributed by atoms with Gasteiger partial charge in [-0.3, -0.25) is 54.2 Å². The van der Waals surface area contributed by atoms with E-state index >= 15 is 0 Å². The topological polar surface area (TPSA) is 304 Å². The van der Waals surface area contributed by atoms with Gasteiger partial charge in [-0.25, -0.2) is 14.3 Å². The molecule has 3 aromatic carbocycles. The average Bonchev–Trinajstić information content (AvgIpc) is 1.57. The Morgan fingerprint density at radius 1 is 0.788 bits per heavy atom. The number of rotatable bonds is 34. The van der Waals surface area contributed by atoms with Crippen LogP contribution in [0.15, 0.2) is 176 Å². The maximum atomic E-state index is 14.6. The van der Waals surface area contributed by atoms with Gasteiger partial charge in [0, 0.05) is 128 Å². The maximum absolute atomic E-state index is 14.6. The number of carbonyl (C=O) groups excluding carboxylic acids is 6. The number of nitrogens with one attached hydrogen (secondary N) is 2. The zero-order valence-electron chi connectivity index (χ0n) is 65.0. The van der Waals surface area contributed by atoms with E-state index in [1.807, 2.05) is 110 Å². The number of pyridine rings is 4. The third-order valence-corrected chi connectivity index (χ3v) is 23.1. The zero-order valence-corrected chi connectivity index (χ0v) is 67.4. The first-order chi connectivity index (χ1) is 54.5. The molecule has 0 aliphatic carbocycles. The summed E-state index contributed by atoms with van der Waals surface area (Å²) in [4.78, 5) is 112. The number of allylic oxidation sites excluding steroid dienone is 3. The fraction of sp³-hybridized carbons (Fsp3) is 0.422. The third kappa shape index (κ3) is 23.4. The van der Waals surface area contributed by atoms with Gasteiger partial charge in [-0.15, -0.1) is 5.10 Å². The van der Waals surface area contributed by atoms with Crippen LogP contribution in [0.1, 0.15) is 106 Å². The molecule has 8 aromatic rings. The Bertz CT molecular complexity index is 4410. The van der Waals surface area contributed by atoms with Gasteiger partial charge < -0.3 is 53.5 Å². The second kappa shape index (κ2) is 40.2. The van der Waals surface area contributed by atoms with Crippen LogP contribution in [0.4, 0.5) is 10.5 Å². The smallest absolute Gasteiger partial charge is 0.409 e. The van der Waals surface area contributed by atoms with Gasteiger partial charge >= 0.3 is 12.1 Å². The first-order valence-electron chi connectivity index (χ1n) is 37.8. The summed E-state index contributed by atoms with van der Waals surface area (Å²) in [7, 11) is 8.78. The Labute approximate surface area is 671 Å². The molecule has 30 heteroatoms. The molecule has 598 valence electrons. The van der Waals surface area contributed by atoms with E-state index in [9.17, 15) is 33.9 Å². The number of alkyl carbamates (subject to hydrolysis) is 1. The van der Waals surface area contributed by atoms with Crippen molar-refractivity contribution >= 4 is 85.6 Å². The van der Waals surface area contributed by atoms with Gasteiger partial charge in [0.2, 0.25) is 23.6 Å². The fourth-order valence-electron chi connectivity index (χ4n) is 14.0. The van der Waals surface area contributed by atoms with Crippen molar-refractivity contribution in [1.82, 2.24) is 65.2 Å². The number of ether oxygens (including phenoxy) is 6. The molecule has 0 radical (unpaired) electrons. The predicted octanol–water partition coefficient (Wildman–Crippen LogP) is 10.9. The number of halogens is 1. The van der Waals surface area contributed by atoms with Crippen LogP contribution in [0.5, 0.6) is 11.5 Å². The predicted molar refractivity (Wildman–Crippen MR) is 431 cm³/mol. The summed E-state index contributed by atoms with van der Waals surface area (Å²) in [5, 5.41) is 26.1. The molecule has 8 atom stereocenters. The molecule has 2 saturated heterocycles. The molecule has 3 aliphatic heterocycles. The van der Waals surface area contributed by atoms with Gasteiger partial charge in [-0.2, -0.15) is 0 Å². The highest BCUT2D eigenvalue weighted by Crippen LogP contribution is 2.49. The van der Waals surface area contributed by atoms with Crippen LogP contribution >= 0.6 is 33.2 Å². The summed E-state index contributed by atoms with van der Waals surface area (Å²) >= 11 is 6.91. The van der Waals surface area contributed by atoms with Crippen LogP contribution < -0.4 is 25.0 Å². The number of epoxide rings is 1. The summed E-state index contributed by atoms with van der Waals surface area (Å²) in [6.45, 7) is 10.8. The molecule has 3 aliphatic rings. The number of anilines is 1. The van der Waals surface area contributed by atoms with Crippen LogP contribution in [0.3, 0.4) is 0 Å². The second-order valence-electron chi connectivity index (χ2n) is 28.8. The molecule has 0 unspecified atom stereocenters. The number of methoxy groups -OCH3 is 2. The van der Waals surface area contributed by atoms with Crippen molar-refractivity contribution in [1.29, 1.82) is 0 Å². The lowest BCUT2D eigenvalue weighted by atomic mass is 9.83. The summed E-state index contributed by atoms with van der Waals surface area (Å²) in [5.74, 6) is -1.13. The highest BCUT2D eigenvalue weighted by Gasteiger charge is 2.64. The first kappa shape index (κ1) is 84.1. The van der Waals surface area contributed by atoms with Crippen LogP contribution in [0.25, 0.3) is 11.0 Å². The van der Waals surface area contributed by atoms with E-state index in [0.29, 0.717) is 99.3 Å². The van der Waals surface area contributed by atoms with Gasteiger partial charge in [-0.05, 0) is 142 Å². The molecule has 5 amide bonds. The molecule has 3 N–H and O–H groups in total. The number of likely N-dealkylation sites (N-methyl/N-ethyl adjacent to an activating group) is 1. The number of benzene rings is 3. The number of esters is 1. The van der Waals surface area contributed by atoms with Crippen LogP contribution in [-0.4, -0.2) is 197 Å². The van der Waals surface area contributed by atoms with Crippen LogP contribution in [0, 0.1) is 5.92 Å². The van der Waals surface area contributed by atoms with Crippen molar-refractivity contribution in [2.75, 3.05) is 64.4 Å². The Kier molecular flexibility index (Phi) is 29.9. The lowest BCUT2D eigenvalue weighted by Gasteiger charge is -2.42. The van der Waals surface area contributed by atoms with Crippen molar-refractivity contribution in [3.63, 3.8) is 0 Å². The quantitative estimate of drug-likeness (QED) is 0.0146. The van der Waals surface area contributed by atoms with E-state index in [4.69, 9.17) is 40.0 Å². The summed E-state index contributed by atoms with van der Waals surface area (Å²) in [5.41, 5.74) is 6.01. The SMILES string of the molecule is COc1cc2cc(c1Cl)N(C)C(=O)C[C@H](OC(=O)[C@H](C)N(C)C(=O)CCSSCCC(=O)N(CCCCOc1cc(CN(Cc3ccccn3)Cc3ccccn3)cc(CN(Cc3ccccn3)Cc3ccccn3)c1)CC(=O)NCn1nnc3ccccc31)[C@]1(C)O[C@H]1[C@H](C)[C@@H]1C[C@@](O)(NC(=O)O1)[C@H](OC)/C=C/C=C(\C)C2. The molecule has 8 heterocycles. The molecular formula is C83H99ClN14O13S2. The number of fused-ring (bicyclic) bond motifs is 6. The summed E-state index contributed by atoms with van der Waals surface area (Å²) in [6.07, 6.45) is 8.79. The minimum Gasteiger partial charge on any atom is -0.495 e. The highest BCUT2D eigenvalue weighted by molar-refractivity contribution is 8.76. The van der Waals surface area contributed by atoms with Crippen molar-refractivity contribution in [2.45, 2.75) is 160 Å². The zero-order chi connectivity index (χ0) is 80.0. The number of aromatic nitrogens is 7. The minimum atomic E-state index is -1.89. The number of para-hydroxylation sites is 1. The fourth-order valence-corrected chi connectivity index (χ4v) is 16.2. The lowest BCUT2D eigenvalue weighted by Crippen LogP contribution is -2.63. The number of amides is 5. The monoisotopic (exact) mass is 1600 g/mol. The molecule has 113 heavy (non-hydrogen) atoms. The number of aliphatic hydroxyl groups is 1. The molecule has 4 bridgehead atoms. The Morgan fingerprint density at radius 2 is 1.38 bits per heavy atom. The standard InChI is InChI=1S/C83H99ClN14O13S2/c1-56-22-21-29-72(107-8)83(105)47-71(109-81(104)90-83)57(2)79-82(4,111-79)73(46-77(102)94(6)69-44-59(40-56)45-70(106-7)78(69)84)110-80(103)58(3)93(5)75(100)30-38-112-113-39-31-76(101)97(54-74(99)89-55-98-68-28-10-9-27-67(68)91-92-98)36-19-20-37-108-66-42-60(48-95(50-62-23-11-15-32-85-62)51-63-24-12-16-33-86-63)41-61(43-66)49-96(52-64-25-13-17-34-87-64)53-65-26-14-18-35-88-65/h9-18,21-29,32-35,41-45,57-58,71-73,79,105H,19-20,30-31,36-40,46-55H2,1-8H3,(H,89,99)(H,90,104)/b29-21+,56-22+/t57-,58+,71+,72-,73+,79+,82+,83+/m1/s1. The maximum Gasteiger partial charge on any atom is 0.409 e.